The van der Waals surface area contributed by atoms with Crippen LogP contribution in [-0.4, -0.2) is 26.3 Å². The third-order valence-electron chi connectivity index (χ3n) is 10.4. The van der Waals surface area contributed by atoms with Crippen LogP contribution in [0.25, 0.3) is 72.0 Å². The molecule has 0 aliphatic carbocycles. The third kappa shape index (κ3) is 4.96. The Balaban J connectivity index is 1.23. The van der Waals surface area contributed by atoms with Crippen molar-refractivity contribution in [3.63, 3.8) is 0 Å². The predicted molar refractivity (Wildman–Crippen MR) is 216 cm³/mol. The van der Waals surface area contributed by atoms with Gasteiger partial charge in [-0.2, -0.15) is 0 Å². The zero-order valence-corrected chi connectivity index (χ0v) is 28.9. The molecule has 0 radical (unpaired) electrons. The van der Waals surface area contributed by atoms with Gasteiger partial charge in [-0.3, -0.25) is 19.6 Å². The maximum Gasteiger partial charge on any atom is 0.268 e. The lowest BCUT2D eigenvalue weighted by Gasteiger charge is -2.23. The molecule has 0 N–H and O–H groups in total. The zero-order valence-electron chi connectivity index (χ0n) is 28.9. The van der Waals surface area contributed by atoms with Crippen LogP contribution in [0.5, 0.6) is 0 Å². The molecule has 0 saturated heterocycles. The summed E-state index contributed by atoms with van der Waals surface area (Å²) in [6.07, 6.45) is 7.15. The molecule has 3 aromatic heterocycles. The highest BCUT2D eigenvalue weighted by molar-refractivity contribution is 6.37. The van der Waals surface area contributed by atoms with Crippen LogP contribution >= 0.6 is 0 Å². The van der Waals surface area contributed by atoms with Crippen LogP contribution < -0.4 is 4.90 Å². The number of fused-ring (bicyclic) bond motifs is 4. The molecular formula is C48H30N4O2. The smallest absolute Gasteiger partial charge is 0.268 e. The lowest BCUT2D eigenvalue weighted by atomic mass is 9.95. The number of rotatable bonds is 6. The maximum atomic E-state index is 15.2. The highest BCUT2D eigenvalue weighted by Gasteiger charge is 2.41. The number of anilines is 1. The fourth-order valence-corrected chi connectivity index (χ4v) is 7.87. The molecule has 0 bridgehead atoms. The Labute approximate surface area is 311 Å². The fraction of sp³-hybridized carbons (Fsp3) is 0. The molecule has 2 amide bonds. The summed E-state index contributed by atoms with van der Waals surface area (Å²) >= 11 is 0. The quantitative estimate of drug-likeness (QED) is 0.163. The second kappa shape index (κ2) is 12.7. The van der Waals surface area contributed by atoms with E-state index >= 15 is 4.79 Å². The largest absolute Gasteiger partial charge is 0.308 e. The molecule has 6 heteroatoms. The molecule has 0 fully saturated rings. The van der Waals surface area contributed by atoms with Gasteiger partial charge in [-0.25, -0.2) is 4.90 Å². The van der Waals surface area contributed by atoms with Gasteiger partial charge in [0, 0.05) is 46.7 Å². The molecule has 0 spiro atoms. The number of hydrogen-bond acceptors (Lipinski definition) is 4. The molecule has 254 valence electrons. The molecule has 6 nitrogen and oxygen atoms in total. The van der Waals surface area contributed by atoms with Crippen molar-refractivity contribution in [2.45, 2.75) is 0 Å². The average molecular weight is 695 g/mol. The van der Waals surface area contributed by atoms with Crippen molar-refractivity contribution in [3.05, 3.63) is 194 Å². The summed E-state index contributed by atoms with van der Waals surface area (Å²) in [5, 5.41) is 2.08. The fourth-order valence-electron chi connectivity index (χ4n) is 7.87. The minimum absolute atomic E-state index is 0.354. The Morgan fingerprint density at radius 3 is 1.39 bits per heavy atom. The average Bonchev–Trinajstić information content (AvgIpc) is 3.70. The first kappa shape index (κ1) is 31.3. The van der Waals surface area contributed by atoms with E-state index in [0.29, 0.717) is 22.5 Å². The van der Waals surface area contributed by atoms with Crippen LogP contribution in [0.3, 0.4) is 0 Å². The molecule has 1 aliphatic rings. The van der Waals surface area contributed by atoms with Crippen LogP contribution in [0.2, 0.25) is 0 Å². The second-order valence-corrected chi connectivity index (χ2v) is 13.4. The van der Waals surface area contributed by atoms with E-state index < -0.39 is 0 Å². The van der Waals surface area contributed by atoms with Crippen molar-refractivity contribution >= 4 is 39.3 Å². The molecule has 6 aromatic carbocycles. The third-order valence-corrected chi connectivity index (χ3v) is 10.4. The maximum absolute atomic E-state index is 15.2. The number of carbonyl (C=O) groups is 2. The van der Waals surface area contributed by atoms with E-state index in [9.17, 15) is 4.79 Å². The number of nitrogens with zero attached hydrogens (tertiary/aromatic N) is 4. The summed E-state index contributed by atoms with van der Waals surface area (Å²) in [7, 11) is 0. The van der Waals surface area contributed by atoms with Crippen molar-refractivity contribution < 1.29 is 9.59 Å². The van der Waals surface area contributed by atoms with E-state index in [4.69, 9.17) is 0 Å². The molecule has 10 rings (SSSR count). The molecule has 0 atom stereocenters. The Morgan fingerprint density at radius 1 is 0.389 bits per heavy atom. The standard InChI is InChI=1S/C48H30N4O2/c53-47-41-15-8-16-42(45(41)48(54)52(47)46-37(33-9-3-1-4-10-33)13-7-14-38(46)34-11-5-2-6-12-34)51-43-29-35(31-21-25-49-26-22-31)17-19-39(43)40-20-18-36(30-44(40)51)32-23-27-50-28-24-32/h1-30H. The van der Waals surface area contributed by atoms with Crippen molar-refractivity contribution in [2.75, 3.05) is 4.90 Å². The Hall–Kier alpha value is -7.44. The number of para-hydroxylation sites is 1. The summed E-state index contributed by atoms with van der Waals surface area (Å²) in [6.45, 7) is 0. The van der Waals surface area contributed by atoms with Crippen molar-refractivity contribution in [3.8, 4) is 50.2 Å². The molecule has 0 saturated carbocycles. The Morgan fingerprint density at radius 2 is 0.870 bits per heavy atom. The van der Waals surface area contributed by atoms with Gasteiger partial charge in [-0.05, 0) is 81.9 Å². The molecule has 0 unspecified atom stereocenters. The molecule has 4 heterocycles. The van der Waals surface area contributed by atoms with Crippen LogP contribution in [0, 0.1) is 0 Å². The molecule has 54 heavy (non-hydrogen) atoms. The minimum atomic E-state index is -0.364. The first-order valence-electron chi connectivity index (χ1n) is 17.8. The Kier molecular flexibility index (Phi) is 7.34. The topological polar surface area (TPSA) is 68.1 Å². The van der Waals surface area contributed by atoms with Gasteiger partial charge in [-0.15, -0.1) is 0 Å². The first-order chi connectivity index (χ1) is 26.7. The Bertz CT molecular complexity index is 2750. The van der Waals surface area contributed by atoms with Gasteiger partial charge in [0.05, 0.1) is 33.5 Å². The number of pyridine rings is 2. The number of carbonyl (C=O) groups excluding carboxylic acids is 2. The normalized spacial score (nSPS) is 12.5. The van der Waals surface area contributed by atoms with Gasteiger partial charge in [0.25, 0.3) is 11.8 Å². The highest BCUT2D eigenvalue weighted by Crippen LogP contribution is 2.45. The summed E-state index contributed by atoms with van der Waals surface area (Å²) < 4.78 is 2.15. The lowest BCUT2D eigenvalue weighted by molar-refractivity contribution is 0.0926. The van der Waals surface area contributed by atoms with Gasteiger partial charge in [0.2, 0.25) is 0 Å². The number of amides is 2. The van der Waals surface area contributed by atoms with Crippen LogP contribution in [0.1, 0.15) is 20.7 Å². The summed E-state index contributed by atoms with van der Waals surface area (Å²) in [5.41, 5.74) is 11.3. The lowest BCUT2D eigenvalue weighted by Crippen LogP contribution is -2.30. The van der Waals surface area contributed by atoms with Crippen LogP contribution in [-0.2, 0) is 0 Å². The van der Waals surface area contributed by atoms with Gasteiger partial charge in [0.15, 0.2) is 0 Å². The first-order valence-corrected chi connectivity index (χ1v) is 17.8. The number of hydrogen-bond donors (Lipinski definition) is 0. The van der Waals surface area contributed by atoms with E-state index in [1.54, 1.807) is 30.9 Å². The predicted octanol–water partition coefficient (Wildman–Crippen LogP) is 11.0. The van der Waals surface area contributed by atoms with Crippen LogP contribution in [0.4, 0.5) is 5.69 Å². The summed E-state index contributed by atoms with van der Waals surface area (Å²) in [4.78, 5) is 39.8. The molecule has 9 aromatic rings. The monoisotopic (exact) mass is 694 g/mol. The van der Waals surface area contributed by atoms with E-state index in [2.05, 4.69) is 50.9 Å². The number of imide groups is 1. The number of benzene rings is 6. The van der Waals surface area contributed by atoms with Crippen molar-refractivity contribution in [1.82, 2.24) is 14.5 Å². The van der Waals surface area contributed by atoms with Gasteiger partial charge >= 0.3 is 0 Å². The van der Waals surface area contributed by atoms with E-state index in [0.717, 1.165) is 66.3 Å². The second-order valence-electron chi connectivity index (χ2n) is 13.4. The van der Waals surface area contributed by atoms with E-state index in [-0.39, 0.29) is 11.8 Å². The molecular weight excluding hydrogens is 665 g/mol. The van der Waals surface area contributed by atoms with Crippen LogP contribution in [0.15, 0.2) is 183 Å². The highest BCUT2D eigenvalue weighted by atomic mass is 16.2. The SMILES string of the molecule is O=C1c2cccc(-n3c4cc(-c5ccncc5)ccc4c4ccc(-c5ccncc5)cc43)c2C(=O)N1c1c(-c2ccccc2)cccc1-c1ccccc1. The summed E-state index contributed by atoms with van der Waals surface area (Å²) in [6, 6.07) is 52.2. The zero-order chi connectivity index (χ0) is 36.2. The van der Waals surface area contributed by atoms with Gasteiger partial charge in [0.1, 0.15) is 0 Å². The summed E-state index contributed by atoms with van der Waals surface area (Å²) in [5.74, 6) is -0.718. The molecule has 1 aliphatic heterocycles. The number of aromatic nitrogens is 3. The van der Waals surface area contributed by atoms with E-state index in [1.165, 1.54) is 4.90 Å². The van der Waals surface area contributed by atoms with E-state index in [1.807, 2.05) is 115 Å². The van der Waals surface area contributed by atoms with Crippen molar-refractivity contribution in [2.24, 2.45) is 0 Å². The van der Waals surface area contributed by atoms with Gasteiger partial charge < -0.3 is 4.57 Å². The van der Waals surface area contributed by atoms with Crippen molar-refractivity contribution in [1.29, 1.82) is 0 Å². The minimum Gasteiger partial charge on any atom is -0.308 e. The van der Waals surface area contributed by atoms with Gasteiger partial charge in [-0.1, -0.05) is 109 Å².